The zero-order valence-electron chi connectivity index (χ0n) is 7.14. The van der Waals surface area contributed by atoms with E-state index in [1.807, 2.05) is 0 Å². The summed E-state index contributed by atoms with van der Waals surface area (Å²) < 4.78 is 0. The Hall–Kier alpha value is -2.10. The van der Waals surface area contributed by atoms with Crippen LogP contribution in [0.1, 0.15) is 10.5 Å². The number of phenols is 1. The molecule has 0 unspecified atom stereocenters. The van der Waals surface area contributed by atoms with E-state index in [2.05, 4.69) is 4.98 Å². The van der Waals surface area contributed by atoms with E-state index >= 15 is 0 Å². The number of carboxylic acid groups (broad SMARTS) is 1. The Morgan fingerprint density at radius 1 is 1.21 bits per heavy atom. The molecule has 1 heterocycles. The van der Waals surface area contributed by atoms with Crippen LogP contribution in [0.5, 0.6) is 5.75 Å². The summed E-state index contributed by atoms with van der Waals surface area (Å²) in [5, 5.41) is 19.2. The molecule has 4 heteroatoms. The molecule has 0 saturated heterocycles. The van der Waals surface area contributed by atoms with Crippen LogP contribution in [0.2, 0.25) is 0 Å². The van der Waals surface area contributed by atoms with Crippen LogP contribution in [-0.2, 0) is 0 Å². The van der Waals surface area contributed by atoms with Crippen molar-refractivity contribution in [3.63, 3.8) is 0 Å². The van der Waals surface area contributed by atoms with Crippen molar-refractivity contribution in [2.45, 2.75) is 0 Å². The molecule has 0 saturated carbocycles. The Bertz CT molecular complexity index is 508. The molecule has 4 nitrogen and oxygen atoms in total. The van der Waals surface area contributed by atoms with Crippen molar-refractivity contribution in [1.29, 1.82) is 0 Å². The minimum absolute atomic E-state index is 0.0431. The van der Waals surface area contributed by atoms with Crippen molar-refractivity contribution in [2.75, 3.05) is 0 Å². The molecule has 0 amide bonds. The van der Waals surface area contributed by atoms with E-state index in [9.17, 15) is 9.90 Å². The van der Waals surface area contributed by atoms with Crippen LogP contribution in [0.25, 0.3) is 10.8 Å². The van der Waals surface area contributed by atoms with Gasteiger partial charge in [0.15, 0.2) is 5.69 Å². The number of fused-ring (bicyclic) bond motifs is 1. The van der Waals surface area contributed by atoms with E-state index in [1.165, 1.54) is 12.3 Å². The molecule has 2 N–H and O–H groups in total. The SMILES string of the molecule is O=C(O)c1nccc2c(O)cccc12. The zero-order valence-corrected chi connectivity index (χ0v) is 7.14. The standard InChI is InChI=1S/C10H7NO3/c12-8-3-1-2-7-6(8)4-5-11-9(7)10(13)14/h1-5,12H,(H,13,14). The van der Waals surface area contributed by atoms with Crippen molar-refractivity contribution in [1.82, 2.24) is 4.98 Å². The number of phenolic OH excluding ortho intramolecular Hbond substituents is 1. The molecule has 0 spiro atoms. The van der Waals surface area contributed by atoms with Crippen LogP contribution in [0.15, 0.2) is 30.5 Å². The van der Waals surface area contributed by atoms with Gasteiger partial charge < -0.3 is 10.2 Å². The number of nitrogens with zero attached hydrogens (tertiary/aromatic N) is 1. The van der Waals surface area contributed by atoms with Gasteiger partial charge in [-0.25, -0.2) is 9.78 Å². The van der Waals surface area contributed by atoms with Crippen molar-refractivity contribution >= 4 is 16.7 Å². The van der Waals surface area contributed by atoms with Gasteiger partial charge in [0.2, 0.25) is 0 Å². The first kappa shape index (κ1) is 8.50. The Kier molecular flexibility index (Phi) is 1.81. The van der Waals surface area contributed by atoms with E-state index in [0.29, 0.717) is 10.8 Å². The highest BCUT2D eigenvalue weighted by Gasteiger charge is 2.10. The second-order valence-corrected chi connectivity index (χ2v) is 2.84. The fourth-order valence-corrected chi connectivity index (χ4v) is 1.36. The molecule has 0 aliphatic rings. The second kappa shape index (κ2) is 2.99. The van der Waals surface area contributed by atoms with Gasteiger partial charge in [-0.3, -0.25) is 0 Å². The first-order chi connectivity index (χ1) is 6.70. The number of hydrogen-bond donors (Lipinski definition) is 2. The molecular formula is C10H7NO3. The maximum absolute atomic E-state index is 10.8. The fourth-order valence-electron chi connectivity index (χ4n) is 1.36. The van der Waals surface area contributed by atoms with Crippen LogP contribution >= 0.6 is 0 Å². The van der Waals surface area contributed by atoms with Gasteiger partial charge in [-0.2, -0.15) is 0 Å². The molecule has 0 aliphatic heterocycles. The molecule has 2 aromatic rings. The number of benzene rings is 1. The van der Waals surface area contributed by atoms with Gasteiger partial charge in [-0.15, -0.1) is 0 Å². The van der Waals surface area contributed by atoms with Crippen LogP contribution in [0.4, 0.5) is 0 Å². The van der Waals surface area contributed by atoms with Gasteiger partial charge in [-0.05, 0) is 12.1 Å². The minimum atomic E-state index is -1.10. The van der Waals surface area contributed by atoms with Gasteiger partial charge in [0.1, 0.15) is 5.75 Å². The monoisotopic (exact) mass is 189 g/mol. The lowest BCUT2D eigenvalue weighted by atomic mass is 10.1. The summed E-state index contributed by atoms with van der Waals surface area (Å²) in [7, 11) is 0. The summed E-state index contributed by atoms with van der Waals surface area (Å²) in [6, 6.07) is 6.29. The first-order valence-electron chi connectivity index (χ1n) is 4.00. The molecule has 1 aromatic carbocycles. The number of rotatable bonds is 1. The quantitative estimate of drug-likeness (QED) is 0.715. The summed E-state index contributed by atoms with van der Waals surface area (Å²) in [5.41, 5.74) is -0.0431. The van der Waals surface area contributed by atoms with Crippen LogP contribution < -0.4 is 0 Å². The highest BCUT2D eigenvalue weighted by atomic mass is 16.4. The van der Waals surface area contributed by atoms with Gasteiger partial charge in [0.25, 0.3) is 0 Å². The van der Waals surface area contributed by atoms with Gasteiger partial charge >= 0.3 is 5.97 Å². The third-order valence-corrected chi connectivity index (χ3v) is 1.99. The molecule has 0 atom stereocenters. The van der Waals surface area contributed by atoms with Crippen LogP contribution in [0, 0.1) is 0 Å². The molecule has 0 aliphatic carbocycles. The molecule has 0 radical (unpaired) electrons. The second-order valence-electron chi connectivity index (χ2n) is 2.84. The number of aromatic carboxylic acids is 1. The van der Waals surface area contributed by atoms with Gasteiger partial charge in [0, 0.05) is 17.0 Å². The van der Waals surface area contributed by atoms with E-state index < -0.39 is 5.97 Å². The lowest BCUT2D eigenvalue weighted by Crippen LogP contribution is -2.00. The number of aromatic hydroxyl groups is 1. The van der Waals surface area contributed by atoms with E-state index in [1.54, 1.807) is 18.2 Å². The van der Waals surface area contributed by atoms with Crippen molar-refractivity contribution < 1.29 is 15.0 Å². The summed E-state index contributed by atoms with van der Waals surface area (Å²) in [5.74, 6) is -1.03. The highest BCUT2D eigenvalue weighted by Crippen LogP contribution is 2.25. The van der Waals surface area contributed by atoms with Crippen LogP contribution in [-0.4, -0.2) is 21.2 Å². The number of carbonyl (C=O) groups is 1. The van der Waals surface area contributed by atoms with E-state index in [-0.39, 0.29) is 11.4 Å². The third kappa shape index (κ3) is 1.17. The number of hydrogen-bond acceptors (Lipinski definition) is 3. The third-order valence-electron chi connectivity index (χ3n) is 1.99. The smallest absolute Gasteiger partial charge is 0.355 e. The average Bonchev–Trinajstić information content (AvgIpc) is 2.17. The predicted molar refractivity (Wildman–Crippen MR) is 50.4 cm³/mol. The van der Waals surface area contributed by atoms with Crippen LogP contribution in [0.3, 0.4) is 0 Å². The zero-order chi connectivity index (χ0) is 10.1. The Morgan fingerprint density at radius 3 is 2.71 bits per heavy atom. The fraction of sp³-hybridized carbons (Fsp3) is 0. The minimum Gasteiger partial charge on any atom is -0.507 e. The van der Waals surface area contributed by atoms with Gasteiger partial charge in [0.05, 0.1) is 0 Å². The average molecular weight is 189 g/mol. The molecule has 70 valence electrons. The molecular weight excluding hydrogens is 182 g/mol. The normalized spacial score (nSPS) is 10.3. The van der Waals surface area contributed by atoms with Crippen molar-refractivity contribution in [3.05, 3.63) is 36.2 Å². The number of pyridine rings is 1. The molecule has 14 heavy (non-hydrogen) atoms. The first-order valence-corrected chi connectivity index (χ1v) is 4.00. The Labute approximate surface area is 79.4 Å². The Balaban J connectivity index is 2.88. The lowest BCUT2D eigenvalue weighted by Gasteiger charge is -2.02. The topological polar surface area (TPSA) is 70.4 Å². The largest absolute Gasteiger partial charge is 0.507 e. The highest BCUT2D eigenvalue weighted by molar-refractivity contribution is 6.03. The maximum atomic E-state index is 10.8. The van der Waals surface area contributed by atoms with E-state index in [0.717, 1.165) is 0 Å². The maximum Gasteiger partial charge on any atom is 0.355 e. The molecule has 2 rings (SSSR count). The molecule has 1 aromatic heterocycles. The van der Waals surface area contributed by atoms with Crippen molar-refractivity contribution in [3.8, 4) is 5.75 Å². The summed E-state index contributed by atoms with van der Waals surface area (Å²) in [6.45, 7) is 0. The van der Waals surface area contributed by atoms with E-state index in [4.69, 9.17) is 5.11 Å². The number of carboxylic acids is 1. The lowest BCUT2D eigenvalue weighted by molar-refractivity contribution is 0.0693. The summed E-state index contributed by atoms with van der Waals surface area (Å²) in [6.07, 6.45) is 1.37. The molecule has 0 bridgehead atoms. The number of aromatic nitrogens is 1. The van der Waals surface area contributed by atoms with Crippen molar-refractivity contribution in [2.24, 2.45) is 0 Å². The summed E-state index contributed by atoms with van der Waals surface area (Å²) >= 11 is 0. The predicted octanol–water partition coefficient (Wildman–Crippen LogP) is 1.64. The molecule has 0 fully saturated rings. The Morgan fingerprint density at radius 2 is 2.00 bits per heavy atom. The van der Waals surface area contributed by atoms with Gasteiger partial charge in [-0.1, -0.05) is 12.1 Å². The summed E-state index contributed by atoms with van der Waals surface area (Å²) in [4.78, 5) is 14.5.